The van der Waals surface area contributed by atoms with Crippen LogP contribution in [0.5, 0.6) is 0 Å². The summed E-state index contributed by atoms with van der Waals surface area (Å²) in [6.07, 6.45) is 1.55. The molecule has 0 saturated carbocycles. The van der Waals surface area contributed by atoms with Crippen LogP contribution in [0.4, 0.5) is 16.0 Å². The number of anilines is 2. The van der Waals surface area contributed by atoms with Crippen LogP contribution in [0.3, 0.4) is 0 Å². The van der Waals surface area contributed by atoms with Crippen molar-refractivity contribution in [1.29, 1.82) is 0 Å². The van der Waals surface area contributed by atoms with E-state index in [0.717, 1.165) is 24.7 Å². The van der Waals surface area contributed by atoms with Gasteiger partial charge in [-0.05, 0) is 0 Å². The van der Waals surface area contributed by atoms with E-state index in [0.29, 0.717) is 0 Å². The van der Waals surface area contributed by atoms with E-state index in [1.165, 1.54) is 0 Å². The summed E-state index contributed by atoms with van der Waals surface area (Å²) in [5, 5.41) is 0. The van der Waals surface area contributed by atoms with Crippen molar-refractivity contribution in [2.45, 2.75) is 0 Å². The van der Waals surface area contributed by atoms with Gasteiger partial charge in [0.05, 0.1) is 6.67 Å². The van der Waals surface area contributed by atoms with Crippen LogP contribution in [-0.2, 0) is 0 Å². The van der Waals surface area contributed by atoms with Crippen molar-refractivity contribution in [2.75, 3.05) is 43.7 Å². The topological polar surface area (TPSA) is 32.3 Å². The number of hydrogen-bond donors (Lipinski definition) is 0. The molecule has 1 aliphatic heterocycles. The first-order valence-corrected chi connectivity index (χ1v) is 5.01. The van der Waals surface area contributed by atoms with Crippen molar-refractivity contribution < 1.29 is 4.39 Å². The predicted molar refractivity (Wildman–Crippen MR) is 58.0 cm³/mol. The SMILES string of the molecule is CN(C)c1cc(N2CC(CF)C2)ncn1. The van der Waals surface area contributed by atoms with Gasteiger partial charge in [0.2, 0.25) is 0 Å². The monoisotopic (exact) mass is 210 g/mol. The third-order valence-electron chi connectivity index (χ3n) is 2.60. The summed E-state index contributed by atoms with van der Waals surface area (Å²) in [5.74, 6) is 1.95. The van der Waals surface area contributed by atoms with Gasteiger partial charge < -0.3 is 9.80 Å². The maximum absolute atomic E-state index is 12.3. The van der Waals surface area contributed by atoms with Crippen LogP contribution >= 0.6 is 0 Å². The molecule has 5 heteroatoms. The molecule has 0 N–H and O–H groups in total. The van der Waals surface area contributed by atoms with E-state index in [2.05, 4.69) is 14.9 Å². The summed E-state index contributed by atoms with van der Waals surface area (Å²) in [6.45, 7) is 1.29. The van der Waals surface area contributed by atoms with Crippen molar-refractivity contribution in [1.82, 2.24) is 9.97 Å². The average molecular weight is 210 g/mol. The van der Waals surface area contributed by atoms with E-state index in [-0.39, 0.29) is 12.6 Å². The molecule has 82 valence electrons. The number of halogens is 1. The molecule has 1 fully saturated rings. The summed E-state index contributed by atoms with van der Waals surface area (Å²) in [5.41, 5.74) is 0. The second-order valence-electron chi connectivity index (χ2n) is 4.05. The molecule has 1 aromatic rings. The Labute approximate surface area is 88.7 Å². The van der Waals surface area contributed by atoms with Crippen molar-refractivity contribution in [3.05, 3.63) is 12.4 Å². The first kappa shape index (κ1) is 10.1. The number of rotatable bonds is 3. The highest BCUT2D eigenvalue weighted by Gasteiger charge is 2.27. The largest absolute Gasteiger partial charge is 0.363 e. The highest BCUT2D eigenvalue weighted by molar-refractivity contribution is 5.50. The Kier molecular flexibility index (Phi) is 2.70. The molecule has 0 aromatic carbocycles. The Balaban J connectivity index is 2.06. The smallest absolute Gasteiger partial charge is 0.134 e. The third-order valence-corrected chi connectivity index (χ3v) is 2.60. The zero-order valence-electron chi connectivity index (χ0n) is 9.02. The summed E-state index contributed by atoms with van der Waals surface area (Å²) in [6, 6.07) is 1.93. The van der Waals surface area contributed by atoms with Gasteiger partial charge in [-0.1, -0.05) is 0 Å². The molecule has 0 radical (unpaired) electrons. The molecule has 0 atom stereocenters. The van der Waals surface area contributed by atoms with Gasteiger partial charge in [0.15, 0.2) is 0 Å². The molecule has 1 aliphatic rings. The number of nitrogens with zero attached hydrogens (tertiary/aromatic N) is 4. The van der Waals surface area contributed by atoms with Crippen molar-refractivity contribution in [2.24, 2.45) is 5.92 Å². The van der Waals surface area contributed by atoms with Gasteiger partial charge in [-0.15, -0.1) is 0 Å². The van der Waals surface area contributed by atoms with Crippen LogP contribution in [-0.4, -0.2) is 43.8 Å². The van der Waals surface area contributed by atoms with Crippen LogP contribution in [0.2, 0.25) is 0 Å². The highest BCUT2D eigenvalue weighted by atomic mass is 19.1. The Morgan fingerprint density at radius 1 is 1.47 bits per heavy atom. The minimum absolute atomic E-state index is 0.183. The quantitative estimate of drug-likeness (QED) is 0.743. The second kappa shape index (κ2) is 4.00. The molecule has 2 heterocycles. The fourth-order valence-corrected chi connectivity index (χ4v) is 1.61. The minimum atomic E-state index is -0.234. The van der Waals surface area contributed by atoms with Crippen LogP contribution in [0.15, 0.2) is 12.4 Å². The molecule has 0 unspecified atom stereocenters. The van der Waals surface area contributed by atoms with E-state index in [1.54, 1.807) is 6.33 Å². The molecule has 1 aromatic heterocycles. The Morgan fingerprint density at radius 3 is 2.80 bits per heavy atom. The van der Waals surface area contributed by atoms with Crippen molar-refractivity contribution in [3.8, 4) is 0 Å². The molecule has 0 spiro atoms. The summed E-state index contributed by atoms with van der Waals surface area (Å²) in [7, 11) is 3.87. The van der Waals surface area contributed by atoms with E-state index >= 15 is 0 Å². The lowest BCUT2D eigenvalue weighted by molar-refractivity contribution is 0.305. The lowest BCUT2D eigenvalue weighted by Crippen LogP contribution is -2.48. The lowest BCUT2D eigenvalue weighted by Gasteiger charge is -2.38. The van der Waals surface area contributed by atoms with Crippen molar-refractivity contribution in [3.63, 3.8) is 0 Å². The van der Waals surface area contributed by atoms with Gasteiger partial charge in [-0.3, -0.25) is 4.39 Å². The summed E-state index contributed by atoms with van der Waals surface area (Å²) in [4.78, 5) is 12.3. The van der Waals surface area contributed by atoms with Gasteiger partial charge in [0.1, 0.15) is 18.0 Å². The maximum atomic E-state index is 12.3. The predicted octanol–water partition coefficient (Wildman–Crippen LogP) is 0.948. The van der Waals surface area contributed by atoms with E-state index in [9.17, 15) is 4.39 Å². The van der Waals surface area contributed by atoms with Gasteiger partial charge in [-0.2, -0.15) is 0 Å². The van der Waals surface area contributed by atoms with Gasteiger partial charge in [0, 0.05) is 39.2 Å². The fourth-order valence-electron chi connectivity index (χ4n) is 1.61. The fraction of sp³-hybridized carbons (Fsp3) is 0.600. The number of alkyl halides is 1. The molecule has 0 bridgehead atoms. The average Bonchev–Trinajstić information content (AvgIpc) is 2.16. The van der Waals surface area contributed by atoms with E-state index in [4.69, 9.17) is 0 Å². The normalized spacial score (nSPS) is 16.3. The van der Waals surface area contributed by atoms with E-state index in [1.807, 2.05) is 25.1 Å². The van der Waals surface area contributed by atoms with Crippen molar-refractivity contribution >= 4 is 11.6 Å². The molecule has 0 aliphatic carbocycles. The zero-order valence-corrected chi connectivity index (χ0v) is 9.02. The minimum Gasteiger partial charge on any atom is -0.363 e. The lowest BCUT2D eigenvalue weighted by atomic mass is 10.0. The Morgan fingerprint density at radius 2 is 2.20 bits per heavy atom. The van der Waals surface area contributed by atoms with Crippen LogP contribution in [0.25, 0.3) is 0 Å². The number of hydrogen-bond acceptors (Lipinski definition) is 4. The molecule has 15 heavy (non-hydrogen) atoms. The first-order chi connectivity index (χ1) is 7.20. The molecular formula is C10H15FN4. The van der Waals surface area contributed by atoms with Crippen LogP contribution in [0, 0.1) is 5.92 Å². The van der Waals surface area contributed by atoms with Crippen LogP contribution < -0.4 is 9.80 Å². The maximum Gasteiger partial charge on any atom is 0.134 e. The van der Waals surface area contributed by atoms with Gasteiger partial charge in [-0.25, -0.2) is 9.97 Å². The third kappa shape index (κ3) is 2.00. The standard InChI is InChI=1S/C10H15FN4/c1-14(2)9-3-10(13-7-12-9)15-5-8(4-11)6-15/h3,7-8H,4-6H2,1-2H3. The summed E-state index contributed by atoms with van der Waals surface area (Å²) < 4.78 is 12.3. The first-order valence-electron chi connectivity index (χ1n) is 5.01. The van der Waals surface area contributed by atoms with Crippen LogP contribution in [0.1, 0.15) is 0 Å². The number of aromatic nitrogens is 2. The zero-order chi connectivity index (χ0) is 10.8. The summed E-state index contributed by atoms with van der Waals surface area (Å²) >= 11 is 0. The molecule has 1 saturated heterocycles. The van der Waals surface area contributed by atoms with Gasteiger partial charge in [0.25, 0.3) is 0 Å². The highest BCUT2D eigenvalue weighted by Crippen LogP contribution is 2.24. The Hall–Kier alpha value is -1.39. The second-order valence-corrected chi connectivity index (χ2v) is 4.05. The van der Waals surface area contributed by atoms with E-state index < -0.39 is 0 Å². The van der Waals surface area contributed by atoms with Gasteiger partial charge >= 0.3 is 0 Å². The Bertz CT molecular complexity index is 336. The molecule has 4 nitrogen and oxygen atoms in total. The molecule has 2 rings (SSSR count). The molecule has 0 amide bonds. The molecular weight excluding hydrogens is 195 g/mol.